The second-order valence-corrected chi connectivity index (χ2v) is 14.2. The first-order valence-electron chi connectivity index (χ1n) is 18.9. The van der Waals surface area contributed by atoms with Gasteiger partial charge in [-0.25, -0.2) is 0 Å². The number of nitrogens with zero attached hydrogens (tertiary/aromatic N) is 3. The summed E-state index contributed by atoms with van der Waals surface area (Å²) < 4.78 is 18.2. The van der Waals surface area contributed by atoms with Crippen LogP contribution in [0, 0.1) is 0 Å². The van der Waals surface area contributed by atoms with Gasteiger partial charge < -0.3 is 29.3 Å². The summed E-state index contributed by atoms with van der Waals surface area (Å²) >= 11 is 0. The number of fused-ring (bicyclic) bond motifs is 2. The van der Waals surface area contributed by atoms with Gasteiger partial charge in [0.15, 0.2) is 0 Å². The minimum Gasteiger partial charge on any atom is -0.497 e. The zero-order valence-corrected chi connectivity index (χ0v) is 31.4. The Morgan fingerprint density at radius 1 is 0.821 bits per heavy atom. The molecule has 3 aliphatic rings. The molecule has 1 unspecified atom stereocenters. The van der Waals surface area contributed by atoms with Gasteiger partial charge in [0.2, 0.25) is 11.8 Å². The molecule has 56 heavy (non-hydrogen) atoms. The molecule has 12 nitrogen and oxygen atoms in total. The molecule has 0 radical (unpaired) electrons. The fourth-order valence-corrected chi connectivity index (χ4v) is 7.69. The van der Waals surface area contributed by atoms with Crippen molar-refractivity contribution in [2.75, 3.05) is 58.4 Å². The van der Waals surface area contributed by atoms with E-state index >= 15 is 0 Å². The van der Waals surface area contributed by atoms with Crippen LogP contribution in [0.2, 0.25) is 0 Å². The van der Waals surface area contributed by atoms with Crippen molar-refractivity contribution >= 4 is 40.1 Å². The number of hydrogen-bond donors (Lipinski definition) is 2. The van der Waals surface area contributed by atoms with E-state index in [4.69, 9.17) is 14.2 Å². The number of hydrogen-bond acceptors (Lipinski definition) is 9. The number of ether oxygens (including phenoxy) is 3. The molecule has 0 saturated carbocycles. The average molecular weight is 754 g/mol. The first-order chi connectivity index (χ1) is 27.3. The monoisotopic (exact) mass is 753 g/mol. The summed E-state index contributed by atoms with van der Waals surface area (Å²) in [5.74, 6) is 1.90. The highest BCUT2D eigenvalue weighted by Crippen LogP contribution is 2.41. The molecule has 5 aromatic carbocycles. The number of carbonyl (C=O) groups is 4. The van der Waals surface area contributed by atoms with Crippen molar-refractivity contribution in [1.29, 1.82) is 0 Å². The van der Waals surface area contributed by atoms with Crippen molar-refractivity contribution in [3.63, 3.8) is 0 Å². The molecule has 2 N–H and O–H groups in total. The van der Waals surface area contributed by atoms with Gasteiger partial charge in [0.25, 0.3) is 11.8 Å². The molecule has 5 aromatic rings. The third-order valence-electron chi connectivity index (χ3n) is 10.8. The Morgan fingerprint density at radius 2 is 1.55 bits per heavy atom. The third-order valence-corrected chi connectivity index (χ3v) is 10.8. The van der Waals surface area contributed by atoms with Gasteiger partial charge in [-0.05, 0) is 102 Å². The van der Waals surface area contributed by atoms with Gasteiger partial charge in [-0.2, -0.15) is 0 Å². The quantitative estimate of drug-likeness (QED) is 0.165. The molecule has 2 fully saturated rings. The molecule has 0 spiro atoms. The van der Waals surface area contributed by atoms with Crippen LogP contribution in [0.25, 0.3) is 21.9 Å². The number of amides is 4. The van der Waals surface area contributed by atoms with E-state index in [1.807, 2.05) is 91.0 Å². The first-order valence-corrected chi connectivity index (χ1v) is 18.9. The number of anilines is 1. The number of nitrogens with one attached hydrogen (secondary N) is 2. The lowest BCUT2D eigenvalue weighted by molar-refractivity contribution is -0.136. The van der Waals surface area contributed by atoms with Crippen molar-refractivity contribution in [3.05, 3.63) is 114 Å². The van der Waals surface area contributed by atoms with E-state index in [0.717, 1.165) is 77.4 Å². The van der Waals surface area contributed by atoms with Crippen LogP contribution in [0.4, 0.5) is 5.69 Å². The summed E-state index contributed by atoms with van der Waals surface area (Å²) in [4.78, 5) is 55.6. The van der Waals surface area contributed by atoms with Crippen molar-refractivity contribution in [1.82, 2.24) is 20.4 Å². The van der Waals surface area contributed by atoms with Gasteiger partial charge in [-0.15, -0.1) is 0 Å². The van der Waals surface area contributed by atoms with Crippen LogP contribution in [-0.4, -0.2) is 93.0 Å². The van der Waals surface area contributed by atoms with Crippen LogP contribution in [0.15, 0.2) is 97.1 Å². The highest BCUT2D eigenvalue weighted by molar-refractivity contribution is 6.05. The molecule has 2 saturated heterocycles. The van der Waals surface area contributed by atoms with Crippen LogP contribution >= 0.6 is 0 Å². The second-order valence-electron chi connectivity index (χ2n) is 14.2. The van der Waals surface area contributed by atoms with E-state index in [1.54, 1.807) is 19.1 Å². The van der Waals surface area contributed by atoms with Gasteiger partial charge in [0.1, 0.15) is 35.6 Å². The summed E-state index contributed by atoms with van der Waals surface area (Å²) in [6.45, 7) is 5.14. The van der Waals surface area contributed by atoms with Crippen LogP contribution in [0.5, 0.6) is 23.0 Å². The smallest absolute Gasteiger partial charge is 0.255 e. The van der Waals surface area contributed by atoms with Crippen molar-refractivity contribution < 1.29 is 33.4 Å². The molecule has 3 heterocycles. The molecule has 8 rings (SSSR count). The number of methoxy groups -OCH3 is 1. The van der Waals surface area contributed by atoms with Gasteiger partial charge >= 0.3 is 0 Å². The summed E-state index contributed by atoms with van der Waals surface area (Å²) in [7, 11) is 3.26. The second kappa shape index (κ2) is 15.8. The summed E-state index contributed by atoms with van der Waals surface area (Å²) in [5, 5.41) is 6.94. The predicted octanol–water partition coefficient (Wildman–Crippen LogP) is 5.63. The number of piperazine rings is 1. The Labute approximate surface area is 324 Å². The first kappa shape index (κ1) is 36.6. The van der Waals surface area contributed by atoms with Crippen LogP contribution in [0.1, 0.15) is 39.1 Å². The minimum atomic E-state index is -0.616. The third kappa shape index (κ3) is 7.47. The van der Waals surface area contributed by atoms with E-state index < -0.39 is 11.9 Å². The van der Waals surface area contributed by atoms with Crippen molar-refractivity contribution in [2.24, 2.45) is 0 Å². The lowest BCUT2D eigenvalue weighted by Gasteiger charge is -2.36. The standard InChI is InChI=1S/C44H43N5O7/c1-45-42(51)29-5-3-28(4-6-29)36-14-7-30-26-35(54-2)13-16-37(30)41(36)56-34-11-9-33(10-12-34)55-24-23-47-19-21-48(22-20-47)32-8-15-38-31(25-32)27-49(44(38)53)39-17-18-40(50)46-43(39)52/h3-16,25-26,39H,17-24,27H2,1-2H3,(H,45,51)(H,46,50,52). The zero-order chi connectivity index (χ0) is 38.8. The lowest BCUT2D eigenvalue weighted by Crippen LogP contribution is -2.52. The normalized spacial score (nSPS) is 17.1. The lowest BCUT2D eigenvalue weighted by atomic mass is 9.98. The van der Waals surface area contributed by atoms with E-state index in [1.165, 1.54) is 0 Å². The Bertz CT molecular complexity index is 2300. The number of imide groups is 1. The molecule has 1 atom stereocenters. The van der Waals surface area contributed by atoms with Gasteiger partial charge in [0, 0.05) is 80.5 Å². The number of rotatable bonds is 11. The molecule has 3 aliphatic heterocycles. The SMILES string of the molecule is CNC(=O)c1ccc(-c2ccc3cc(OC)ccc3c2Oc2ccc(OCCN3CCN(c4ccc5c(c4)CN(C4CCC(=O)NC4=O)C5=O)CC3)cc2)cc1. The maximum atomic E-state index is 13.1. The molecule has 12 heteroatoms. The van der Waals surface area contributed by atoms with Crippen LogP contribution in [-0.2, 0) is 16.1 Å². The van der Waals surface area contributed by atoms with E-state index in [2.05, 4.69) is 26.5 Å². The fourth-order valence-electron chi connectivity index (χ4n) is 7.69. The number of benzene rings is 5. The maximum absolute atomic E-state index is 13.1. The zero-order valence-electron chi connectivity index (χ0n) is 31.4. The maximum Gasteiger partial charge on any atom is 0.255 e. The summed E-state index contributed by atoms with van der Waals surface area (Å²) in [5.41, 5.74) is 5.01. The molecule has 0 bridgehead atoms. The highest BCUT2D eigenvalue weighted by Gasteiger charge is 2.39. The molecule has 286 valence electrons. The fraction of sp³-hybridized carbons (Fsp3) is 0.273. The van der Waals surface area contributed by atoms with E-state index in [0.29, 0.717) is 42.2 Å². The van der Waals surface area contributed by atoms with E-state index in [9.17, 15) is 19.2 Å². The highest BCUT2D eigenvalue weighted by atomic mass is 16.5. The van der Waals surface area contributed by atoms with E-state index in [-0.39, 0.29) is 24.1 Å². The molecule has 0 aliphatic carbocycles. The minimum absolute atomic E-state index is 0.140. The van der Waals surface area contributed by atoms with Gasteiger partial charge in [-0.3, -0.25) is 29.4 Å². The van der Waals surface area contributed by atoms with Crippen molar-refractivity contribution in [2.45, 2.75) is 25.4 Å². The van der Waals surface area contributed by atoms with Crippen LogP contribution in [0.3, 0.4) is 0 Å². The topological polar surface area (TPSA) is 130 Å². The molecule has 4 amide bonds. The van der Waals surface area contributed by atoms with Crippen molar-refractivity contribution in [3.8, 4) is 34.1 Å². The Kier molecular flexibility index (Phi) is 10.3. The largest absolute Gasteiger partial charge is 0.497 e. The summed E-state index contributed by atoms with van der Waals surface area (Å²) in [6, 6.07) is 30.4. The van der Waals surface area contributed by atoms with Gasteiger partial charge in [0.05, 0.1) is 7.11 Å². The summed E-state index contributed by atoms with van der Waals surface area (Å²) in [6.07, 6.45) is 0.592. The molecular weight excluding hydrogens is 711 g/mol. The molecular formula is C44H43N5O7. The number of carbonyl (C=O) groups excluding carboxylic acids is 4. The van der Waals surface area contributed by atoms with Gasteiger partial charge in [-0.1, -0.05) is 18.2 Å². The molecule has 0 aromatic heterocycles. The average Bonchev–Trinajstić information content (AvgIpc) is 3.56. The Hall–Kier alpha value is -6.40. The number of piperidine rings is 1. The van der Waals surface area contributed by atoms with Crippen LogP contribution < -0.4 is 29.7 Å². The Balaban J connectivity index is 0.861. The predicted molar refractivity (Wildman–Crippen MR) is 212 cm³/mol. The Morgan fingerprint density at radius 3 is 2.29 bits per heavy atom.